The van der Waals surface area contributed by atoms with Gasteiger partial charge in [0.05, 0.1) is 0 Å². The van der Waals surface area contributed by atoms with Crippen LogP contribution in [0.1, 0.15) is 19.5 Å². The van der Waals surface area contributed by atoms with Crippen molar-refractivity contribution in [1.29, 1.82) is 0 Å². The van der Waals surface area contributed by atoms with E-state index in [9.17, 15) is 32.1 Å². The number of hydrogen-bond donors (Lipinski definition) is 4. The van der Waals surface area contributed by atoms with Crippen LogP contribution in [0.15, 0.2) is 10.5 Å². The van der Waals surface area contributed by atoms with Gasteiger partial charge in [0, 0.05) is 12.3 Å². The van der Waals surface area contributed by atoms with Crippen LogP contribution < -0.4 is 11.1 Å². The fraction of sp³-hybridized carbons (Fsp3) is 0.429. The number of carbonyl (C=O) groups excluding carboxylic acids is 3. The molecule has 33 heavy (non-hydrogen) atoms. The number of nitrogens with two attached hydrogens (primary N) is 1. The van der Waals surface area contributed by atoms with Gasteiger partial charge in [-0.3, -0.25) is 18.9 Å². The normalized spacial score (nSPS) is 18.7. The Morgan fingerprint density at radius 1 is 1.39 bits per heavy atom. The first-order chi connectivity index (χ1) is 14.3. The molecule has 1 unspecified atom stereocenters. The Kier molecular flexibility index (Phi) is 12.4. The molecule has 0 aliphatic carbocycles. The van der Waals surface area contributed by atoms with Crippen LogP contribution in [-0.4, -0.2) is 141 Å². The van der Waals surface area contributed by atoms with Crippen LogP contribution in [0.5, 0.6) is 0 Å². The molecular weight excluding hydrogens is 508 g/mol. The Morgan fingerprint density at radius 3 is 2.45 bits per heavy atom. The summed E-state index contributed by atoms with van der Waals surface area (Å²) in [5, 5.41) is 15.9. The molecule has 1 fully saturated rings. The van der Waals surface area contributed by atoms with E-state index in [1.807, 2.05) is 0 Å². The Balaban J connectivity index is 0.00000512. The summed E-state index contributed by atoms with van der Waals surface area (Å²) in [6, 6.07) is -2.96. The molecule has 0 aromatic carbocycles. The van der Waals surface area contributed by atoms with Gasteiger partial charge in [0.15, 0.2) is 10.8 Å². The minimum absolute atomic E-state index is 0. The number of thiazole rings is 1. The zero-order valence-corrected chi connectivity index (χ0v) is 17.5. The Hall–Kier alpha value is -1.31. The van der Waals surface area contributed by atoms with Gasteiger partial charge in [0.1, 0.15) is 24.4 Å². The number of rotatable bonds is 9. The fourth-order valence-corrected chi connectivity index (χ4v) is 3.73. The van der Waals surface area contributed by atoms with Crippen molar-refractivity contribution in [2.75, 3.05) is 12.3 Å². The maximum atomic E-state index is 12.7. The molecule has 15 nitrogen and oxygen atoms in total. The number of esters is 1. The molecule has 0 radical (unpaired) electrons. The van der Waals surface area contributed by atoms with Crippen LogP contribution in [0.3, 0.4) is 0 Å². The van der Waals surface area contributed by atoms with Crippen LogP contribution in [0, 0.1) is 0 Å². The fourth-order valence-electron chi connectivity index (χ4n) is 2.32. The number of nitrogen functional groups attached to an aromatic ring is 1. The monoisotopic (exact) mass is 527 g/mol. The van der Waals surface area contributed by atoms with Crippen LogP contribution in [0.25, 0.3) is 0 Å². The number of carboxylic acids is 1. The van der Waals surface area contributed by atoms with Gasteiger partial charge in [-0.05, 0) is 6.92 Å². The van der Waals surface area contributed by atoms with Crippen LogP contribution in [-0.2, 0) is 39.1 Å². The molecule has 1 aliphatic heterocycles. The van der Waals surface area contributed by atoms with Gasteiger partial charge < -0.3 is 25.7 Å². The van der Waals surface area contributed by atoms with Crippen molar-refractivity contribution in [2.24, 2.45) is 5.16 Å². The van der Waals surface area contributed by atoms with Crippen molar-refractivity contribution in [3.05, 3.63) is 11.1 Å². The van der Waals surface area contributed by atoms with Crippen molar-refractivity contribution in [3.8, 4) is 0 Å². The molecule has 1 saturated heterocycles. The Bertz CT molecular complexity index is 1050. The predicted octanol–water partition coefficient (Wildman–Crippen LogP) is -3.32. The second kappa shape index (κ2) is 13.0. The van der Waals surface area contributed by atoms with Crippen LogP contribution >= 0.6 is 11.3 Å². The third kappa shape index (κ3) is 8.15. The average Bonchev–Trinajstić information content (AvgIpc) is 3.07. The van der Waals surface area contributed by atoms with E-state index in [-0.39, 0.29) is 74.2 Å². The van der Waals surface area contributed by atoms with Gasteiger partial charge in [0.25, 0.3) is 11.8 Å². The molecule has 0 spiro atoms. The number of carboxylic acid groups (broad SMARTS) is 1. The number of nitrogens with one attached hydrogen (secondary N) is 1. The molecule has 2 rings (SSSR count). The van der Waals surface area contributed by atoms with Crippen molar-refractivity contribution < 1.29 is 46.8 Å². The van der Waals surface area contributed by atoms with E-state index in [2.05, 4.69) is 20.2 Å². The number of carbonyl (C=O) groups is 4. The first-order valence-electron chi connectivity index (χ1n) is 8.25. The second-order valence-corrected chi connectivity index (χ2v) is 8.21. The van der Waals surface area contributed by atoms with Gasteiger partial charge in [-0.25, -0.2) is 14.1 Å². The molecule has 1 aromatic rings. The number of nitrogens with zero attached hydrogens (tertiary/aromatic N) is 3. The topological polar surface area (TPSA) is 228 Å². The molecule has 1 aliphatic rings. The van der Waals surface area contributed by atoms with Crippen molar-refractivity contribution >= 4 is 115 Å². The molecular formula is C14H19N5Na2O10S2. The maximum absolute atomic E-state index is 12.7. The van der Waals surface area contributed by atoms with Crippen LogP contribution in [0.4, 0.5) is 5.13 Å². The number of hydrogen-bond acceptors (Lipinski definition) is 12. The first kappa shape index (κ1) is 31.7. The summed E-state index contributed by atoms with van der Waals surface area (Å²) in [4.78, 5) is 55.4. The molecule has 3 atom stereocenters. The predicted molar refractivity (Wildman–Crippen MR) is 116 cm³/mol. The average molecular weight is 527 g/mol. The summed E-state index contributed by atoms with van der Waals surface area (Å²) >= 11 is 0.934. The van der Waals surface area contributed by atoms with Crippen molar-refractivity contribution in [1.82, 2.24) is 14.6 Å². The first-order valence-corrected chi connectivity index (χ1v) is 10.5. The number of amides is 2. The molecule has 0 saturated carbocycles. The van der Waals surface area contributed by atoms with Crippen molar-refractivity contribution in [2.45, 2.75) is 32.0 Å². The number of aromatic nitrogens is 1. The molecule has 19 heteroatoms. The number of anilines is 1. The molecule has 0 bridgehead atoms. The summed E-state index contributed by atoms with van der Waals surface area (Å²) in [5.74, 6) is -4.47. The number of ether oxygens (including phenoxy) is 1. The Morgan fingerprint density at radius 2 is 2.00 bits per heavy atom. The van der Waals surface area contributed by atoms with Gasteiger partial charge in [-0.2, -0.15) is 8.42 Å². The van der Waals surface area contributed by atoms with Gasteiger partial charge in [-0.1, -0.05) is 5.16 Å². The summed E-state index contributed by atoms with van der Waals surface area (Å²) in [5.41, 5.74) is 4.86. The minimum atomic E-state index is -4.99. The summed E-state index contributed by atoms with van der Waals surface area (Å²) in [6.07, 6.45) is -1.43. The zero-order valence-electron chi connectivity index (χ0n) is 15.9. The number of β-lactam (4-membered cyclic amide) rings is 1. The molecule has 2 amide bonds. The summed E-state index contributed by atoms with van der Waals surface area (Å²) < 4.78 is 36.7. The van der Waals surface area contributed by atoms with Crippen LogP contribution in [0.2, 0.25) is 0 Å². The standard InChI is InChI=1S/C14H17N5O10S2.2Na.2H/c1-5(13(23)24)29-18-9(7-4-30-14(15)16-7)11(21)17-10-8(3-28-6(2)20)19(12(10)22)31(25,26)27;;;;/h4-5,8,10H,3H2,1-2H3,(H2,15,16)(H,17,21)(H,23,24)(H,25,26,27);;;;/b18-9+;;;;/t5?,8-,10+;;;;/m0..../s1. The van der Waals surface area contributed by atoms with Crippen molar-refractivity contribution in [3.63, 3.8) is 0 Å². The molecule has 5 N–H and O–H groups in total. The third-order valence-electron chi connectivity index (χ3n) is 3.79. The van der Waals surface area contributed by atoms with E-state index in [0.29, 0.717) is 0 Å². The van der Waals surface area contributed by atoms with E-state index in [1.54, 1.807) is 0 Å². The third-order valence-corrected chi connectivity index (χ3v) is 5.41. The summed E-state index contributed by atoms with van der Waals surface area (Å²) in [6.45, 7) is 1.53. The molecule has 1 aromatic heterocycles. The summed E-state index contributed by atoms with van der Waals surface area (Å²) in [7, 11) is -4.99. The van der Waals surface area contributed by atoms with E-state index in [1.165, 1.54) is 5.38 Å². The number of oxime groups is 1. The SMILES string of the molecule is CC(=O)OC[C@H]1[C@@H](NC(=O)/C(=N/OC(C)C(=O)O)c2csc(N)n2)C(=O)N1S(=O)(=O)O.[NaH].[NaH]. The van der Waals surface area contributed by atoms with Gasteiger partial charge >= 0.3 is 81.4 Å². The number of aliphatic carboxylic acids is 1. The van der Waals surface area contributed by atoms with E-state index >= 15 is 0 Å². The quantitative estimate of drug-likeness (QED) is 0.0618. The second-order valence-electron chi connectivity index (χ2n) is 6.03. The molecule has 174 valence electrons. The van der Waals surface area contributed by atoms with E-state index < -0.39 is 64.6 Å². The molecule has 2 heterocycles. The van der Waals surface area contributed by atoms with E-state index in [0.717, 1.165) is 25.2 Å². The zero-order chi connectivity index (χ0) is 23.5. The van der Waals surface area contributed by atoms with Gasteiger partial charge in [0.2, 0.25) is 6.10 Å². The Labute approximate surface area is 235 Å². The van der Waals surface area contributed by atoms with E-state index in [4.69, 9.17) is 15.7 Å². The van der Waals surface area contributed by atoms with Gasteiger partial charge in [-0.15, -0.1) is 11.3 Å².